The van der Waals surface area contributed by atoms with E-state index in [-0.39, 0.29) is 10.6 Å². The Morgan fingerprint density at radius 1 is 1.23 bits per heavy atom. The van der Waals surface area contributed by atoms with Crippen molar-refractivity contribution in [2.24, 2.45) is 5.92 Å². The lowest BCUT2D eigenvalue weighted by Crippen LogP contribution is -2.35. The third kappa shape index (κ3) is 4.35. The van der Waals surface area contributed by atoms with Crippen molar-refractivity contribution in [1.82, 2.24) is 14.8 Å². The highest BCUT2D eigenvalue weighted by molar-refractivity contribution is 7.98. The predicted molar refractivity (Wildman–Crippen MR) is 116 cm³/mol. The van der Waals surface area contributed by atoms with Gasteiger partial charge in [0.05, 0.1) is 17.7 Å². The van der Waals surface area contributed by atoms with Crippen LogP contribution < -0.4 is 4.90 Å². The number of nitro benzene ring substituents is 1. The van der Waals surface area contributed by atoms with Gasteiger partial charge in [-0.15, -0.1) is 10.2 Å². The Balaban J connectivity index is 1.58. The monoisotopic (exact) mass is 427 g/mol. The molecule has 158 valence electrons. The number of piperidine rings is 1. The van der Waals surface area contributed by atoms with E-state index in [1.807, 2.05) is 18.2 Å². The third-order valence-electron chi connectivity index (χ3n) is 5.63. The standard InChI is InChI=1S/C21H25N5O3S/c1-15-8-10-24(11-9-15)20-22-23-21(25(20)13-18-6-4-12-29-18)30-14-17-5-3-7-19(16(17)2)26(27)28/h3-7,12,15H,8-11,13-14H2,1-2H3. The smallest absolute Gasteiger partial charge is 0.272 e. The molecule has 0 bridgehead atoms. The minimum Gasteiger partial charge on any atom is -0.467 e. The highest BCUT2D eigenvalue weighted by Gasteiger charge is 2.24. The van der Waals surface area contributed by atoms with Gasteiger partial charge in [0.25, 0.3) is 5.69 Å². The van der Waals surface area contributed by atoms with Crippen molar-refractivity contribution in [3.05, 3.63) is 63.6 Å². The number of nitrogens with zero attached hydrogens (tertiary/aromatic N) is 5. The van der Waals surface area contributed by atoms with Crippen LogP contribution in [0.15, 0.2) is 46.2 Å². The fraction of sp³-hybridized carbons (Fsp3) is 0.429. The van der Waals surface area contributed by atoms with Crippen LogP contribution in [0, 0.1) is 23.0 Å². The van der Waals surface area contributed by atoms with Gasteiger partial charge in [-0.2, -0.15) is 0 Å². The molecule has 1 fully saturated rings. The summed E-state index contributed by atoms with van der Waals surface area (Å²) in [5.74, 6) is 3.01. The van der Waals surface area contributed by atoms with E-state index in [9.17, 15) is 10.1 Å². The molecular formula is C21H25N5O3S. The number of hydrogen-bond acceptors (Lipinski definition) is 7. The highest BCUT2D eigenvalue weighted by Crippen LogP contribution is 2.31. The molecule has 1 aromatic carbocycles. The maximum Gasteiger partial charge on any atom is 0.272 e. The first kappa shape index (κ1) is 20.5. The van der Waals surface area contributed by atoms with E-state index in [0.717, 1.165) is 54.3 Å². The summed E-state index contributed by atoms with van der Waals surface area (Å²) in [5.41, 5.74) is 1.76. The molecule has 3 heterocycles. The minimum atomic E-state index is -0.335. The normalized spacial score (nSPS) is 14.9. The number of aromatic nitrogens is 3. The lowest BCUT2D eigenvalue weighted by atomic mass is 10.00. The van der Waals surface area contributed by atoms with Gasteiger partial charge in [0, 0.05) is 30.5 Å². The second-order valence-corrected chi connectivity index (χ2v) is 8.67. The molecule has 0 saturated carbocycles. The first-order chi connectivity index (χ1) is 14.5. The number of furan rings is 1. The maximum atomic E-state index is 11.2. The summed E-state index contributed by atoms with van der Waals surface area (Å²) in [5, 5.41) is 21.0. The Hall–Kier alpha value is -2.81. The van der Waals surface area contributed by atoms with Crippen LogP contribution >= 0.6 is 11.8 Å². The largest absolute Gasteiger partial charge is 0.467 e. The highest BCUT2D eigenvalue weighted by atomic mass is 32.2. The van der Waals surface area contributed by atoms with Gasteiger partial charge in [0.15, 0.2) is 5.16 Å². The van der Waals surface area contributed by atoms with E-state index < -0.39 is 0 Å². The van der Waals surface area contributed by atoms with Crippen LogP contribution in [0.2, 0.25) is 0 Å². The average molecular weight is 428 g/mol. The Morgan fingerprint density at radius 2 is 2.03 bits per heavy atom. The molecule has 8 nitrogen and oxygen atoms in total. The first-order valence-corrected chi connectivity index (χ1v) is 11.1. The van der Waals surface area contributed by atoms with E-state index in [0.29, 0.717) is 17.9 Å². The molecule has 0 amide bonds. The molecule has 1 aliphatic heterocycles. The molecule has 0 radical (unpaired) electrons. The second kappa shape index (κ2) is 8.91. The summed E-state index contributed by atoms with van der Waals surface area (Å²) in [6.45, 7) is 6.56. The lowest BCUT2D eigenvalue weighted by Gasteiger charge is -2.31. The van der Waals surface area contributed by atoms with E-state index in [4.69, 9.17) is 4.42 Å². The zero-order valence-corrected chi connectivity index (χ0v) is 18.0. The van der Waals surface area contributed by atoms with Crippen molar-refractivity contribution < 1.29 is 9.34 Å². The zero-order valence-electron chi connectivity index (χ0n) is 17.2. The van der Waals surface area contributed by atoms with Crippen LogP contribution in [0.3, 0.4) is 0 Å². The van der Waals surface area contributed by atoms with Gasteiger partial charge >= 0.3 is 0 Å². The SMILES string of the molecule is Cc1c(CSc2nnc(N3CCC(C)CC3)n2Cc2ccco2)cccc1[N+](=O)[O-]. The number of nitro groups is 1. The average Bonchev–Trinajstić information content (AvgIpc) is 3.38. The van der Waals surface area contributed by atoms with Crippen LogP contribution in [0.4, 0.5) is 11.6 Å². The van der Waals surface area contributed by atoms with Gasteiger partial charge in [-0.3, -0.25) is 14.7 Å². The van der Waals surface area contributed by atoms with Crippen LogP contribution in [0.25, 0.3) is 0 Å². The molecule has 1 saturated heterocycles. The van der Waals surface area contributed by atoms with Crippen molar-refractivity contribution in [3.8, 4) is 0 Å². The van der Waals surface area contributed by atoms with Gasteiger partial charge in [0.2, 0.25) is 5.95 Å². The fourth-order valence-electron chi connectivity index (χ4n) is 3.69. The Kier molecular flexibility index (Phi) is 6.08. The van der Waals surface area contributed by atoms with Crippen molar-refractivity contribution >= 4 is 23.4 Å². The Bertz CT molecular complexity index is 1010. The third-order valence-corrected chi connectivity index (χ3v) is 6.64. The molecule has 30 heavy (non-hydrogen) atoms. The summed E-state index contributed by atoms with van der Waals surface area (Å²) in [6.07, 6.45) is 3.95. The summed E-state index contributed by atoms with van der Waals surface area (Å²) in [4.78, 5) is 13.2. The van der Waals surface area contributed by atoms with E-state index in [1.54, 1.807) is 37.1 Å². The molecule has 3 aromatic rings. The topological polar surface area (TPSA) is 90.2 Å². The summed E-state index contributed by atoms with van der Waals surface area (Å²) in [6, 6.07) is 9.02. The molecule has 0 aliphatic carbocycles. The zero-order chi connectivity index (χ0) is 21.1. The molecule has 0 N–H and O–H groups in total. The van der Waals surface area contributed by atoms with Crippen molar-refractivity contribution in [2.75, 3.05) is 18.0 Å². The van der Waals surface area contributed by atoms with Gasteiger partial charge in [-0.05, 0) is 43.4 Å². The summed E-state index contributed by atoms with van der Waals surface area (Å²) < 4.78 is 7.66. The Labute approximate surface area is 179 Å². The van der Waals surface area contributed by atoms with E-state index in [2.05, 4.69) is 26.6 Å². The van der Waals surface area contributed by atoms with Crippen LogP contribution in [-0.4, -0.2) is 32.8 Å². The van der Waals surface area contributed by atoms with E-state index >= 15 is 0 Å². The first-order valence-electron chi connectivity index (χ1n) is 10.1. The number of thioether (sulfide) groups is 1. The number of rotatable bonds is 7. The molecule has 1 aliphatic rings. The number of anilines is 1. The van der Waals surface area contributed by atoms with Crippen LogP contribution in [-0.2, 0) is 12.3 Å². The molecule has 2 aromatic heterocycles. The number of benzene rings is 1. The predicted octanol–water partition coefficient (Wildman–Crippen LogP) is 4.66. The molecule has 0 spiro atoms. The molecule has 9 heteroatoms. The van der Waals surface area contributed by atoms with Crippen molar-refractivity contribution in [1.29, 1.82) is 0 Å². The van der Waals surface area contributed by atoms with E-state index in [1.165, 1.54) is 0 Å². The summed E-state index contributed by atoms with van der Waals surface area (Å²) in [7, 11) is 0. The Morgan fingerprint density at radius 3 is 2.73 bits per heavy atom. The van der Waals surface area contributed by atoms with Crippen molar-refractivity contribution in [2.45, 2.75) is 44.1 Å². The molecule has 0 unspecified atom stereocenters. The summed E-state index contributed by atoms with van der Waals surface area (Å²) >= 11 is 1.54. The van der Waals surface area contributed by atoms with Crippen molar-refractivity contribution in [3.63, 3.8) is 0 Å². The van der Waals surface area contributed by atoms with Gasteiger partial charge in [-0.1, -0.05) is 30.8 Å². The minimum absolute atomic E-state index is 0.147. The molecular weight excluding hydrogens is 402 g/mol. The van der Waals surface area contributed by atoms with Gasteiger partial charge in [0.1, 0.15) is 5.76 Å². The molecule has 4 rings (SSSR count). The number of hydrogen-bond donors (Lipinski definition) is 0. The van der Waals surface area contributed by atoms with Gasteiger partial charge in [-0.25, -0.2) is 0 Å². The lowest BCUT2D eigenvalue weighted by molar-refractivity contribution is -0.385. The maximum absolute atomic E-state index is 11.2. The fourth-order valence-corrected chi connectivity index (χ4v) is 4.69. The quantitative estimate of drug-likeness (QED) is 0.307. The second-order valence-electron chi connectivity index (χ2n) is 7.72. The van der Waals surface area contributed by atoms with Crippen LogP contribution in [0.1, 0.15) is 36.7 Å². The van der Waals surface area contributed by atoms with Gasteiger partial charge < -0.3 is 9.32 Å². The molecule has 0 atom stereocenters. The van der Waals surface area contributed by atoms with Crippen LogP contribution in [0.5, 0.6) is 0 Å².